The third-order valence-corrected chi connectivity index (χ3v) is 4.21. The minimum Gasteiger partial charge on any atom is -0.393 e. The fourth-order valence-corrected chi connectivity index (χ4v) is 2.49. The summed E-state index contributed by atoms with van der Waals surface area (Å²) >= 11 is 5.91. The van der Waals surface area contributed by atoms with Gasteiger partial charge in [0.1, 0.15) is 5.15 Å². The van der Waals surface area contributed by atoms with Crippen LogP contribution in [0.4, 0.5) is 5.69 Å². The lowest BCUT2D eigenvalue weighted by Gasteiger charge is -2.12. The van der Waals surface area contributed by atoms with Gasteiger partial charge in [0.25, 0.3) is 0 Å². The second kappa shape index (κ2) is 7.20. The highest BCUT2D eigenvalue weighted by Crippen LogP contribution is 2.27. The van der Waals surface area contributed by atoms with Gasteiger partial charge in [-0.25, -0.2) is 18.4 Å². The van der Waals surface area contributed by atoms with Crippen LogP contribution < -0.4 is 5.32 Å². The van der Waals surface area contributed by atoms with E-state index in [-0.39, 0.29) is 5.03 Å². The molecule has 0 amide bonds. The molecule has 0 aliphatic heterocycles. The van der Waals surface area contributed by atoms with Gasteiger partial charge in [0.2, 0.25) is 0 Å². The number of aromatic nitrogens is 3. The molecule has 23 heavy (non-hydrogen) atoms. The lowest BCUT2D eigenvalue weighted by molar-refractivity contribution is 0.189. The largest absolute Gasteiger partial charge is 0.393 e. The van der Waals surface area contributed by atoms with Gasteiger partial charge in [0.15, 0.2) is 14.9 Å². The molecule has 0 unspecified atom stereocenters. The number of pyridine rings is 1. The average Bonchev–Trinajstić information content (AvgIpc) is 2.46. The van der Waals surface area contributed by atoms with E-state index in [2.05, 4.69) is 20.3 Å². The molecule has 0 aliphatic rings. The van der Waals surface area contributed by atoms with Gasteiger partial charge in [-0.3, -0.25) is 4.98 Å². The normalized spacial score (nSPS) is 12.9. The van der Waals surface area contributed by atoms with Crippen molar-refractivity contribution in [1.29, 1.82) is 0 Å². The van der Waals surface area contributed by atoms with Crippen molar-refractivity contribution >= 4 is 27.1 Å². The van der Waals surface area contributed by atoms with Gasteiger partial charge in [-0.2, -0.15) is 0 Å². The second-order valence-electron chi connectivity index (χ2n) is 5.13. The number of aliphatic hydroxyl groups excluding tert-OH is 1. The molecule has 0 spiro atoms. The van der Waals surface area contributed by atoms with Crippen molar-refractivity contribution in [3.05, 3.63) is 29.8 Å². The molecule has 124 valence electrons. The van der Waals surface area contributed by atoms with Crippen molar-refractivity contribution in [3.63, 3.8) is 0 Å². The molecule has 0 fully saturated rings. The number of hydrogen-bond donors (Lipinski definition) is 2. The van der Waals surface area contributed by atoms with E-state index >= 15 is 0 Å². The Morgan fingerprint density at radius 3 is 2.57 bits per heavy atom. The highest BCUT2D eigenvalue weighted by Gasteiger charge is 2.13. The predicted molar refractivity (Wildman–Crippen MR) is 88.2 cm³/mol. The zero-order chi connectivity index (χ0) is 17.0. The number of aliphatic hydroxyl groups is 1. The van der Waals surface area contributed by atoms with Crippen LogP contribution >= 0.6 is 11.6 Å². The summed E-state index contributed by atoms with van der Waals surface area (Å²) in [5, 5.41) is 12.7. The van der Waals surface area contributed by atoms with Crippen molar-refractivity contribution in [2.75, 3.05) is 18.1 Å². The zero-order valence-electron chi connectivity index (χ0n) is 12.7. The first kappa shape index (κ1) is 17.6. The maximum absolute atomic E-state index is 11.4. The predicted octanol–water partition coefficient (Wildman–Crippen LogP) is 1.78. The van der Waals surface area contributed by atoms with Gasteiger partial charge < -0.3 is 10.4 Å². The Bertz CT molecular complexity index is 779. The summed E-state index contributed by atoms with van der Waals surface area (Å²) in [6.07, 6.45) is 5.34. The first-order valence-corrected chi connectivity index (χ1v) is 9.14. The molecule has 0 bridgehead atoms. The van der Waals surface area contributed by atoms with Crippen LogP contribution in [0.5, 0.6) is 0 Å². The monoisotopic (exact) mass is 356 g/mol. The molecule has 0 aliphatic carbocycles. The van der Waals surface area contributed by atoms with Gasteiger partial charge in [-0.05, 0) is 19.4 Å². The lowest BCUT2D eigenvalue weighted by Crippen LogP contribution is -2.10. The van der Waals surface area contributed by atoms with E-state index in [4.69, 9.17) is 11.6 Å². The summed E-state index contributed by atoms with van der Waals surface area (Å²) in [5.74, 6) is 0. The van der Waals surface area contributed by atoms with Crippen LogP contribution in [0.3, 0.4) is 0 Å². The van der Waals surface area contributed by atoms with Crippen molar-refractivity contribution in [2.24, 2.45) is 0 Å². The van der Waals surface area contributed by atoms with Crippen molar-refractivity contribution in [2.45, 2.75) is 24.5 Å². The molecule has 0 radical (unpaired) electrons. The Balaban J connectivity index is 2.31. The highest BCUT2D eigenvalue weighted by molar-refractivity contribution is 7.90. The highest BCUT2D eigenvalue weighted by atomic mass is 35.5. The molecule has 9 heteroatoms. The third kappa shape index (κ3) is 4.85. The number of rotatable bonds is 6. The van der Waals surface area contributed by atoms with Crippen molar-refractivity contribution in [1.82, 2.24) is 15.0 Å². The second-order valence-corrected chi connectivity index (χ2v) is 7.48. The Kier molecular flexibility index (Phi) is 5.51. The molecule has 0 saturated carbocycles. The Morgan fingerprint density at radius 1 is 1.26 bits per heavy atom. The first-order chi connectivity index (χ1) is 10.8. The van der Waals surface area contributed by atoms with Gasteiger partial charge >= 0.3 is 0 Å². The molecule has 2 aromatic rings. The van der Waals surface area contributed by atoms with E-state index in [0.717, 1.165) is 6.26 Å². The number of sulfone groups is 1. The molecule has 2 heterocycles. The standard InChI is InChI=1S/C14H17ClN4O3S/c1-9(20)3-4-16-11-5-13(15)18-6-10(11)12-7-19-14(8-17-12)23(2,21)22/h5-9,20H,3-4H2,1-2H3,(H,16,18)/t9-/m1/s1. The molecule has 2 aromatic heterocycles. The first-order valence-electron chi connectivity index (χ1n) is 6.87. The minimum absolute atomic E-state index is 0.0909. The summed E-state index contributed by atoms with van der Waals surface area (Å²) < 4.78 is 22.9. The van der Waals surface area contributed by atoms with Crippen LogP contribution in [0, 0.1) is 0 Å². The van der Waals surface area contributed by atoms with Crippen LogP contribution in [0.2, 0.25) is 5.15 Å². The van der Waals surface area contributed by atoms with Gasteiger partial charge in [-0.15, -0.1) is 0 Å². The molecular weight excluding hydrogens is 340 g/mol. The summed E-state index contributed by atoms with van der Waals surface area (Å²) in [6, 6.07) is 1.64. The molecular formula is C14H17ClN4O3S. The molecule has 0 saturated heterocycles. The summed E-state index contributed by atoms with van der Waals surface area (Å²) in [5.41, 5.74) is 1.81. The Labute approximate surface area is 139 Å². The number of nitrogens with zero attached hydrogens (tertiary/aromatic N) is 3. The van der Waals surface area contributed by atoms with Crippen LogP contribution in [0.15, 0.2) is 29.7 Å². The fraction of sp³-hybridized carbons (Fsp3) is 0.357. The smallest absolute Gasteiger partial charge is 0.194 e. The van der Waals surface area contributed by atoms with Crippen molar-refractivity contribution in [3.8, 4) is 11.3 Å². The van der Waals surface area contributed by atoms with E-state index in [0.29, 0.717) is 35.1 Å². The number of anilines is 1. The lowest BCUT2D eigenvalue weighted by atomic mass is 10.1. The SMILES string of the molecule is C[C@@H](O)CCNc1cc(Cl)ncc1-c1cnc(S(C)(=O)=O)cn1. The van der Waals surface area contributed by atoms with Crippen LogP contribution in [0.25, 0.3) is 11.3 Å². The average molecular weight is 357 g/mol. The van der Waals surface area contributed by atoms with E-state index in [1.165, 1.54) is 18.6 Å². The van der Waals surface area contributed by atoms with Gasteiger partial charge in [0, 0.05) is 30.2 Å². The van der Waals surface area contributed by atoms with E-state index < -0.39 is 15.9 Å². The van der Waals surface area contributed by atoms with E-state index in [9.17, 15) is 13.5 Å². The summed E-state index contributed by atoms with van der Waals surface area (Å²) in [7, 11) is -3.40. The molecule has 7 nitrogen and oxygen atoms in total. The number of nitrogens with one attached hydrogen (secondary N) is 1. The van der Waals surface area contributed by atoms with Crippen molar-refractivity contribution < 1.29 is 13.5 Å². The third-order valence-electron chi connectivity index (χ3n) is 3.03. The molecule has 2 rings (SSSR count). The van der Waals surface area contributed by atoms with Gasteiger partial charge in [0.05, 0.1) is 24.2 Å². The molecule has 1 atom stereocenters. The molecule has 2 N–H and O–H groups in total. The van der Waals surface area contributed by atoms with Crippen LogP contribution in [-0.2, 0) is 9.84 Å². The molecule has 0 aromatic carbocycles. The van der Waals surface area contributed by atoms with E-state index in [1.54, 1.807) is 13.0 Å². The summed E-state index contributed by atoms with van der Waals surface area (Å²) in [4.78, 5) is 12.1. The fourth-order valence-electron chi connectivity index (χ4n) is 1.84. The quantitative estimate of drug-likeness (QED) is 0.760. The van der Waals surface area contributed by atoms with Crippen LogP contribution in [0.1, 0.15) is 13.3 Å². The zero-order valence-corrected chi connectivity index (χ0v) is 14.3. The topological polar surface area (TPSA) is 105 Å². The summed E-state index contributed by atoms with van der Waals surface area (Å²) in [6.45, 7) is 2.25. The van der Waals surface area contributed by atoms with Crippen LogP contribution in [-0.4, -0.2) is 47.4 Å². The minimum atomic E-state index is -3.40. The maximum Gasteiger partial charge on any atom is 0.194 e. The van der Waals surface area contributed by atoms with E-state index in [1.807, 2.05) is 0 Å². The Hall–Kier alpha value is -1.77. The maximum atomic E-state index is 11.4. The van der Waals surface area contributed by atoms with Gasteiger partial charge in [-0.1, -0.05) is 11.6 Å². The Morgan fingerprint density at radius 2 is 2.00 bits per heavy atom. The number of halogens is 1. The number of hydrogen-bond acceptors (Lipinski definition) is 7.